The minimum Gasteiger partial charge on any atom is -0.378 e. The van der Waals surface area contributed by atoms with Crippen LogP contribution in [0.2, 0.25) is 0 Å². The fourth-order valence-corrected chi connectivity index (χ4v) is 3.44. The van der Waals surface area contributed by atoms with E-state index in [9.17, 15) is 0 Å². The van der Waals surface area contributed by atoms with E-state index in [0.717, 1.165) is 32.3 Å². The van der Waals surface area contributed by atoms with Gasteiger partial charge >= 0.3 is 0 Å². The summed E-state index contributed by atoms with van der Waals surface area (Å²) >= 11 is 1.82. The molecule has 3 unspecified atom stereocenters. The van der Waals surface area contributed by atoms with Gasteiger partial charge in [-0.3, -0.25) is 11.3 Å². The van der Waals surface area contributed by atoms with Gasteiger partial charge in [-0.15, -0.1) is 11.3 Å². The number of nitrogens with two attached hydrogens (primary N) is 1. The van der Waals surface area contributed by atoms with Crippen molar-refractivity contribution >= 4 is 11.3 Å². The van der Waals surface area contributed by atoms with Crippen molar-refractivity contribution in [3.8, 4) is 0 Å². The highest BCUT2D eigenvalue weighted by Gasteiger charge is 2.32. The SMILES string of the molecule is CCC1OCCC1C(CCc1cccs1)NN. The van der Waals surface area contributed by atoms with Gasteiger partial charge in [-0.05, 0) is 37.1 Å². The zero-order valence-electron chi connectivity index (χ0n) is 10.4. The van der Waals surface area contributed by atoms with Gasteiger partial charge in [0.2, 0.25) is 0 Å². The van der Waals surface area contributed by atoms with Crippen molar-refractivity contribution < 1.29 is 4.74 Å². The molecule has 1 aromatic heterocycles. The van der Waals surface area contributed by atoms with Crippen molar-refractivity contribution in [3.05, 3.63) is 22.4 Å². The van der Waals surface area contributed by atoms with Crippen molar-refractivity contribution in [2.75, 3.05) is 6.61 Å². The van der Waals surface area contributed by atoms with Gasteiger partial charge in [-0.1, -0.05) is 13.0 Å². The first kappa shape index (κ1) is 13.0. The fraction of sp³-hybridized carbons (Fsp3) is 0.692. The van der Waals surface area contributed by atoms with Gasteiger partial charge in [0.1, 0.15) is 0 Å². The van der Waals surface area contributed by atoms with Crippen molar-refractivity contribution in [2.45, 2.75) is 44.8 Å². The summed E-state index contributed by atoms with van der Waals surface area (Å²) in [6.07, 6.45) is 4.82. The Kier molecular flexibility index (Phi) is 4.98. The van der Waals surface area contributed by atoms with Crippen molar-refractivity contribution in [3.63, 3.8) is 0 Å². The van der Waals surface area contributed by atoms with E-state index in [1.165, 1.54) is 4.88 Å². The number of ether oxygens (including phenoxy) is 1. The molecule has 1 aliphatic rings. The van der Waals surface area contributed by atoms with Crippen LogP contribution in [0, 0.1) is 5.92 Å². The standard InChI is InChI=1S/C13H22N2OS/c1-2-13-11(7-8-16-13)12(15-14)6-5-10-4-3-9-17-10/h3-4,9,11-13,15H,2,5-8,14H2,1H3. The molecular weight excluding hydrogens is 232 g/mol. The second kappa shape index (κ2) is 6.50. The van der Waals surface area contributed by atoms with E-state index in [1.807, 2.05) is 11.3 Å². The monoisotopic (exact) mass is 254 g/mol. The summed E-state index contributed by atoms with van der Waals surface area (Å²) in [6.45, 7) is 3.08. The number of thiophene rings is 1. The number of nitrogens with one attached hydrogen (secondary N) is 1. The van der Waals surface area contributed by atoms with Crippen LogP contribution in [0.1, 0.15) is 31.1 Å². The highest BCUT2D eigenvalue weighted by Crippen LogP contribution is 2.28. The van der Waals surface area contributed by atoms with Crippen LogP contribution >= 0.6 is 11.3 Å². The third-order valence-electron chi connectivity index (χ3n) is 3.68. The summed E-state index contributed by atoms with van der Waals surface area (Å²) in [5, 5.41) is 2.13. The van der Waals surface area contributed by atoms with Gasteiger partial charge in [0, 0.05) is 23.4 Å². The molecule has 4 heteroatoms. The Morgan fingerprint density at radius 2 is 2.53 bits per heavy atom. The fourth-order valence-electron chi connectivity index (χ4n) is 2.72. The zero-order chi connectivity index (χ0) is 12.1. The molecule has 1 fully saturated rings. The number of hydrogen-bond donors (Lipinski definition) is 2. The Hall–Kier alpha value is -0.420. The molecule has 0 bridgehead atoms. The summed E-state index contributed by atoms with van der Waals surface area (Å²) in [7, 11) is 0. The molecule has 0 aliphatic carbocycles. The van der Waals surface area contributed by atoms with E-state index in [4.69, 9.17) is 10.6 Å². The smallest absolute Gasteiger partial charge is 0.0616 e. The molecule has 1 aliphatic heterocycles. The molecular formula is C13H22N2OS. The molecule has 3 N–H and O–H groups in total. The normalized spacial score (nSPS) is 26.2. The Bertz CT molecular complexity index is 315. The van der Waals surface area contributed by atoms with Crippen LogP contribution in [-0.2, 0) is 11.2 Å². The molecule has 0 saturated carbocycles. The van der Waals surface area contributed by atoms with Crippen LogP contribution in [0.3, 0.4) is 0 Å². The van der Waals surface area contributed by atoms with Crippen LogP contribution in [0.5, 0.6) is 0 Å². The van der Waals surface area contributed by atoms with E-state index in [0.29, 0.717) is 18.1 Å². The summed E-state index contributed by atoms with van der Waals surface area (Å²) < 4.78 is 5.74. The van der Waals surface area contributed by atoms with Crippen molar-refractivity contribution in [1.82, 2.24) is 5.43 Å². The lowest BCUT2D eigenvalue weighted by Crippen LogP contribution is -2.44. The third kappa shape index (κ3) is 3.28. The zero-order valence-corrected chi connectivity index (χ0v) is 11.2. The first-order valence-electron chi connectivity index (χ1n) is 6.45. The molecule has 0 amide bonds. The Balaban J connectivity index is 1.87. The summed E-state index contributed by atoms with van der Waals surface area (Å²) in [4.78, 5) is 1.44. The van der Waals surface area contributed by atoms with E-state index < -0.39 is 0 Å². The number of rotatable bonds is 6. The largest absolute Gasteiger partial charge is 0.378 e. The first-order chi connectivity index (χ1) is 8.35. The predicted octanol–water partition coefficient (Wildman–Crippen LogP) is 2.33. The van der Waals surface area contributed by atoms with E-state index in [-0.39, 0.29) is 0 Å². The van der Waals surface area contributed by atoms with Crippen LogP contribution in [-0.4, -0.2) is 18.8 Å². The molecule has 17 heavy (non-hydrogen) atoms. The lowest BCUT2D eigenvalue weighted by Gasteiger charge is -2.26. The van der Waals surface area contributed by atoms with Gasteiger partial charge in [0.05, 0.1) is 6.10 Å². The van der Waals surface area contributed by atoms with Gasteiger partial charge < -0.3 is 4.74 Å². The van der Waals surface area contributed by atoms with E-state index in [2.05, 4.69) is 29.9 Å². The highest BCUT2D eigenvalue weighted by atomic mass is 32.1. The second-order valence-corrected chi connectivity index (χ2v) is 5.69. The molecule has 2 rings (SSSR count). The van der Waals surface area contributed by atoms with E-state index in [1.54, 1.807) is 0 Å². The molecule has 1 saturated heterocycles. The highest BCUT2D eigenvalue weighted by molar-refractivity contribution is 7.09. The van der Waals surface area contributed by atoms with Gasteiger partial charge in [0.25, 0.3) is 0 Å². The quantitative estimate of drug-likeness (QED) is 0.605. The topological polar surface area (TPSA) is 47.3 Å². The maximum Gasteiger partial charge on any atom is 0.0616 e. The lowest BCUT2D eigenvalue weighted by atomic mass is 9.89. The van der Waals surface area contributed by atoms with E-state index >= 15 is 0 Å². The third-order valence-corrected chi connectivity index (χ3v) is 4.61. The van der Waals surface area contributed by atoms with Gasteiger partial charge in [0.15, 0.2) is 0 Å². The Morgan fingerprint density at radius 1 is 1.65 bits per heavy atom. The minimum absolute atomic E-state index is 0.379. The number of aryl methyl sites for hydroxylation is 1. The summed E-state index contributed by atoms with van der Waals surface area (Å²) in [5.74, 6) is 6.28. The first-order valence-corrected chi connectivity index (χ1v) is 7.33. The van der Waals surface area contributed by atoms with Crippen LogP contribution in [0.15, 0.2) is 17.5 Å². The maximum atomic E-state index is 5.74. The average Bonchev–Trinajstić information content (AvgIpc) is 3.00. The number of hydrazine groups is 1. The van der Waals surface area contributed by atoms with Crippen molar-refractivity contribution in [2.24, 2.45) is 11.8 Å². The Morgan fingerprint density at radius 3 is 3.18 bits per heavy atom. The molecule has 2 heterocycles. The maximum absolute atomic E-state index is 5.74. The molecule has 96 valence electrons. The number of hydrogen-bond acceptors (Lipinski definition) is 4. The molecule has 3 atom stereocenters. The summed E-state index contributed by atoms with van der Waals surface area (Å²) in [6, 6.07) is 4.68. The molecule has 0 spiro atoms. The van der Waals surface area contributed by atoms with Crippen LogP contribution < -0.4 is 11.3 Å². The van der Waals surface area contributed by atoms with Gasteiger partial charge in [-0.25, -0.2) is 0 Å². The van der Waals surface area contributed by atoms with Crippen LogP contribution in [0.4, 0.5) is 0 Å². The summed E-state index contributed by atoms with van der Waals surface area (Å²) in [5.41, 5.74) is 3.00. The molecule has 3 nitrogen and oxygen atoms in total. The van der Waals surface area contributed by atoms with Crippen molar-refractivity contribution in [1.29, 1.82) is 0 Å². The lowest BCUT2D eigenvalue weighted by molar-refractivity contribution is 0.0765. The average molecular weight is 254 g/mol. The van der Waals surface area contributed by atoms with Crippen LogP contribution in [0.25, 0.3) is 0 Å². The Labute approximate surface area is 107 Å². The predicted molar refractivity (Wildman–Crippen MR) is 71.9 cm³/mol. The minimum atomic E-state index is 0.379. The molecule has 0 radical (unpaired) electrons. The second-order valence-electron chi connectivity index (χ2n) is 4.66. The van der Waals surface area contributed by atoms with Gasteiger partial charge in [-0.2, -0.15) is 0 Å². The molecule has 0 aromatic carbocycles. The molecule has 1 aromatic rings.